The predicted octanol–water partition coefficient (Wildman–Crippen LogP) is -0.608. The van der Waals surface area contributed by atoms with Crippen LogP contribution >= 0.6 is 0 Å². The lowest BCUT2D eigenvalue weighted by Gasteiger charge is -2.38. The minimum Gasteiger partial charge on any atom is -0.394 e. The van der Waals surface area contributed by atoms with E-state index in [0.717, 1.165) is 6.54 Å². The van der Waals surface area contributed by atoms with Crippen LogP contribution in [-0.2, 0) is 4.74 Å². The van der Waals surface area contributed by atoms with Gasteiger partial charge in [0, 0.05) is 13.1 Å². The van der Waals surface area contributed by atoms with E-state index >= 15 is 0 Å². The lowest BCUT2D eigenvalue weighted by Crippen LogP contribution is -2.54. The number of ether oxygens (including phenoxy) is 1. The quantitative estimate of drug-likeness (QED) is 0.420. The van der Waals surface area contributed by atoms with Crippen LogP contribution in [0.3, 0.4) is 0 Å². The zero-order valence-corrected chi connectivity index (χ0v) is 8.73. The Morgan fingerprint density at radius 2 is 2.36 bits per heavy atom. The highest BCUT2D eigenvalue weighted by Crippen LogP contribution is 2.13. The molecule has 0 aromatic rings. The van der Waals surface area contributed by atoms with E-state index in [1.165, 1.54) is 0 Å². The van der Waals surface area contributed by atoms with Gasteiger partial charge in [0.15, 0.2) is 0 Å². The van der Waals surface area contributed by atoms with Gasteiger partial charge in [0.25, 0.3) is 0 Å². The van der Waals surface area contributed by atoms with Crippen molar-refractivity contribution in [3.63, 3.8) is 0 Å². The number of nitrogens with one attached hydrogen (secondary N) is 1. The Balaban J connectivity index is 2.56. The van der Waals surface area contributed by atoms with Gasteiger partial charge in [-0.3, -0.25) is 10.3 Å². The number of amidine groups is 1. The number of morpholine rings is 1. The molecule has 1 aliphatic heterocycles. The van der Waals surface area contributed by atoms with Crippen molar-refractivity contribution in [3.05, 3.63) is 0 Å². The molecule has 0 saturated carbocycles. The third kappa shape index (κ3) is 2.67. The fourth-order valence-electron chi connectivity index (χ4n) is 1.69. The molecule has 5 heteroatoms. The highest BCUT2D eigenvalue weighted by Gasteiger charge is 2.28. The lowest BCUT2D eigenvalue weighted by atomic mass is 10.1. The SMILES string of the molecule is CC1CN(C(C)C(=N)N)CC(CO)O1. The van der Waals surface area contributed by atoms with Crippen molar-refractivity contribution < 1.29 is 9.84 Å². The van der Waals surface area contributed by atoms with E-state index < -0.39 is 0 Å². The Labute approximate surface area is 84.3 Å². The Kier molecular flexibility index (Phi) is 3.86. The molecule has 14 heavy (non-hydrogen) atoms. The molecule has 1 rings (SSSR count). The Morgan fingerprint density at radius 3 is 2.86 bits per heavy atom. The third-order valence-corrected chi connectivity index (χ3v) is 2.56. The normalized spacial score (nSPS) is 31.4. The Hall–Kier alpha value is -0.650. The first-order chi connectivity index (χ1) is 6.54. The molecule has 5 nitrogen and oxygen atoms in total. The standard InChI is InChI=1S/C9H19N3O2/c1-6-3-12(7(2)9(10)11)4-8(5-13)14-6/h6-8,13H,3-5H2,1-2H3,(H3,10,11). The van der Waals surface area contributed by atoms with Gasteiger partial charge in [0.1, 0.15) is 5.84 Å². The molecule has 3 unspecified atom stereocenters. The third-order valence-electron chi connectivity index (χ3n) is 2.56. The van der Waals surface area contributed by atoms with Crippen molar-refractivity contribution in [1.82, 2.24) is 4.90 Å². The molecule has 3 atom stereocenters. The number of nitrogens with zero attached hydrogens (tertiary/aromatic N) is 1. The van der Waals surface area contributed by atoms with Gasteiger partial charge < -0.3 is 15.6 Å². The van der Waals surface area contributed by atoms with Crippen LogP contribution in [0.4, 0.5) is 0 Å². The fraction of sp³-hybridized carbons (Fsp3) is 0.889. The first-order valence-electron chi connectivity index (χ1n) is 4.89. The molecule has 82 valence electrons. The maximum Gasteiger partial charge on any atom is 0.108 e. The number of nitrogens with two attached hydrogens (primary N) is 1. The van der Waals surface area contributed by atoms with Crippen LogP contribution in [0, 0.1) is 5.41 Å². The maximum atomic E-state index is 9.01. The minimum absolute atomic E-state index is 0.0193. The smallest absolute Gasteiger partial charge is 0.108 e. The van der Waals surface area contributed by atoms with Crippen molar-refractivity contribution in [1.29, 1.82) is 5.41 Å². The fourth-order valence-corrected chi connectivity index (χ4v) is 1.69. The summed E-state index contributed by atoms with van der Waals surface area (Å²) in [6.07, 6.45) is -0.0664. The van der Waals surface area contributed by atoms with Crippen LogP contribution in [0.25, 0.3) is 0 Å². The summed E-state index contributed by atoms with van der Waals surface area (Å²) in [4.78, 5) is 2.07. The van der Waals surface area contributed by atoms with Crippen molar-refractivity contribution >= 4 is 5.84 Å². The van der Waals surface area contributed by atoms with Crippen LogP contribution in [0.15, 0.2) is 0 Å². The molecule has 1 fully saturated rings. The number of hydrogen-bond donors (Lipinski definition) is 3. The summed E-state index contributed by atoms with van der Waals surface area (Å²) < 4.78 is 5.49. The molecule has 0 spiro atoms. The summed E-state index contributed by atoms with van der Waals surface area (Å²) >= 11 is 0. The summed E-state index contributed by atoms with van der Waals surface area (Å²) in [6.45, 7) is 5.28. The van der Waals surface area contributed by atoms with Crippen LogP contribution in [0.1, 0.15) is 13.8 Å². The molecular weight excluding hydrogens is 182 g/mol. The van der Waals surface area contributed by atoms with Crippen molar-refractivity contribution in [2.45, 2.75) is 32.1 Å². The van der Waals surface area contributed by atoms with Gasteiger partial charge in [-0.25, -0.2) is 0 Å². The number of aliphatic hydroxyl groups is 1. The second-order valence-corrected chi connectivity index (χ2v) is 3.84. The average molecular weight is 201 g/mol. The molecule has 0 bridgehead atoms. The van der Waals surface area contributed by atoms with Gasteiger partial charge in [0.2, 0.25) is 0 Å². The summed E-state index contributed by atoms with van der Waals surface area (Å²) in [5.74, 6) is 0.163. The summed E-state index contributed by atoms with van der Waals surface area (Å²) in [5.41, 5.74) is 5.44. The van der Waals surface area contributed by atoms with Crippen LogP contribution in [0.5, 0.6) is 0 Å². The molecule has 0 amide bonds. The molecule has 0 aromatic heterocycles. The van der Waals surface area contributed by atoms with E-state index in [2.05, 4.69) is 4.90 Å². The number of rotatable bonds is 3. The highest BCUT2D eigenvalue weighted by molar-refractivity contribution is 5.82. The molecule has 4 N–H and O–H groups in total. The molecule has 0 radical (unpaired) electrons. The molecule has 0 aliphatic carbocycles. The summed E-state index contributed by atoms with van der Waals surface area (Å²) in [7, 11) is 0. The van der Waals surface area contributed by atoms with Crippen molar-refractivity contribution in [2.75, 3.05) is 19.7 Å². The largest absolute Gasteiger partial charge is 0.394 e. The van der Waals surface area contributed by atoms with Crippen molar-refractivity contribution in [2.24, 2.45) is 5.73 Å². The highest BCUT2D eigenvalue weighted by atomic mass is 16.5. The van der Waals surface area contributed by atoms with E-state index in [-0.39, 0.29) is 30.7 Å². The van der Waals surface area contributed by atoms with E-state index in [4.69, 9.17) is 21.0 Å². The van der Waals surface area contributed by atoms with Gasteiger partial charge in [-0.05, 0) is 13.8 Å². The van der Waals surface area contributed by atoms with Crippen LogP contribution < -0.4 is 5.73 Å². The summed E-state index contributed by atoms with van der Waals surface area (Å²) in [5, 5.41) is 16.4. The van der Waals surface area contributed by atoms with E-state index in [1.807, 2.05) is 13.8 Å². The minimum atomic E-state index is -0.152. The number of hydrogen-bond acceptors (Lipinski definition) is 4. The van der Waals surface area contributed by atoms with E-state index in [1.54, 1.807) is 0 Å². The molecule has 1 saturated heterocycles. The maximum absolute atomic E-state index is 9.01. The van der Waals surface area contributed by atoms with E-state index in [9.17, 15) is 0 Å². The zero-order chi connectivity index (χ0) is 10.7. The van der Waals surface area contributed by atoms with Crippen LogP contribution in [-0.4, -0.2) is 53.8 Å². The first-order valence-corrected chi connectivity index (χ1v) is 4.89. The topological polar surface area (TPSA) is 82.6 Å². The number of aliphatic hydroxyl groups excluding tert-OH is 1. The van der Waals surface area contributed by atoms with Gasteiger partial charge in [-0.1, -0.05) is 0 Å². The molecule has 0 aromatic carbocycles. The Morgan fingerprint density at radius 1 is 1.71 bits per heavy atom. The predicted molar refractivity (Wildman–Crippen MR) is 54.4 cm³/mol. The molecule has 1 aliphatic rings. The van der Waals surface area contributed by atoms with Gasteiger partial charge in [-0.15, -0.1) is 0 Å². The molecular formula is C9H19N3O2. The second-order valence-electron chi connectivity index (χ2n) is 3.84. The average Bonchev–Trinajstić information content (AvgIpc) is 2.15. The van der Waals surface area contributed by atoms with Crippen molar-refractivity contribution in [3.8, 4) is 0 Å². The molecule has 1 heterocycles. The monoisotopic (exact) mass is 201 g/mol. The van der Waals surface area contributed by atoms with Crippen LogP contribution in [0.2, 0.25) is 0 Å². The summed E-state index contributed by atoms with van der Waals surface area (Å²) in [6, 6.07) is -0.0737. The van der Waals surface area contributed by atoms with Gasteiger partial charge in [-0.2, -0.15) is 0 Å². The zero-order valence-electron chi connectivity index (χ0n) is 8.73. The second kappa shape index (κ2) is 4.72. The first kappa shape index (κ1) is 11.4. The van der Waals surface area contributed by atoms with Gasteiger partial charge in [0.05, 0.1) is 24.9 Å². The lowest BCUT2D eigenvalue weighted by molar-refractivity contribution is -0.0983. The van der Waals surface area contributed by atoms with Gasteiger partial charge >= 0.3 is 0 Å². The van der Waals surface area contributed by atoms with E-state index in [0.29, 0.717) is 6.54 Å². The Bertz CT molecular complexity index is 210.